The highest BCUT2D eigenvalue weighted by Gasteiger charge is 2.25. The molecule has 3 aromatic carbocycles. The topological polar surface area (TPSA) is 47.2 Å². The lowest BCUT2D eigenvalue weighted by Gasteiger charge is -2.10. The highest BCUT2D eigenvalue weighted by atomic mass is 19.1. The molecule has 0 spiro atoms. The van der Waals surface area contributed by atoms with Gasteiger partial charge >= 0.3 is 0 Å². The third-order valence-corrected chi connectivity index (χ3v) is 5.66. The highest BCUT2D eigenvalue weighted by Crippen LogP contribution is 2.42. The van der Waals surface area contributed by atoms with Crippen LogP contribution >= 0.6 is 0 Å². The van der Waals surface area contributed by atoms with Crippen LogP contribution in [0, 0.1) is 12.7 Å². The van der Waals surface area contributed by atoms with E-state index in [0.717, 1.165) is 22.2 Å². The summed E-state index contributed by atoms with van der Waals surface area (Å²) in [7, 11) is 0. The Morgan fingerprint density at radius 3 is 2.45 bits per heavy atom. The molecular weight excluding hydrogens is 391 g/mol. The molecule has 0 fully saturated rings. The minimum atomic E-state index is -0.409. The van der Waals surface area contributed by atoms with Crippen molar-refractivity contribution in [3.63, 3.8) is 0 Å². The second-order valence-electron chi connectivity index (χ2n) is 7.50. The number of aromatic nitrogens is 1. The Hall–Kier alpha value is -3.86. The number of hydrogen-bond acceptors (Lipinski definition) is 3. The maximum Gasteiger partial charge on any atom is 0.262 e. The molecule has 5 rings (SSSR count). The fraction of sp³-hybridized carbons (Fsp3) is 0.115. The molecule has 5 aromatic rings. The number of halogens is 1. The summed E-state index contributed by atoms with van der Waals surface area (Å²) in [5.74, 6) is -0.0563. The van der Waals surface area contributed by atoms with Crippen LogP contribution in [0.25, 0.3) is 33.0 Å². The second kappa shape index (κ2) is 7.43. The fourth-order valence-electron chi connectivity index (χ4n) is 4.13. The summed E-state index contributed by atoms with van der Waals surface area (Å²) >= 11 is 0. The lowest BCUT2D eigenvalue weighted by atomic mass is 10.0. The summed E-state index contributed by atoms with van der Waals surface area (Å²) in [6.45, 7) is 4.40. The zero-order valence-electron chi connectivity index (χ0n) is 17.3. The summed E-state index contributed by atoms with van der Waals surface area (Å²) < 4.78 is 22.9. The van der Waals surface area contributed by atoms with Crippen molar-refractivity contribution >= 4 is 33.4 Å². The molecule has 0 aliphatic carbocycles. The van der Waals surface area contributed by atoms with Gasteiger partial charge in [-0.2, -0.15) is 0 Å². The maximum atomic E-state index is 14.9. The smallest absolute Gasteiger partial charge is 0.262 e. The molecule has 0 radical (unpaired) electrons. The van der Waals surface area contributed by atoms with Gasteiger partial charge in [0, 0.05) is 23.2 Å². The third kappa shape index (κ3) is 3.01. The van der Waals surface area contributed by atoms with Gasteiger partial charge in [0.05, 0.1) is 16.5 Å². The number of rotatable bonds is 4. The maximum absolute atomic E-state index is 14.9. The molecule has 2 aromatic heterocycles. The van der Waals surface area contributed by atoms with E-state index in [1.807, 2.05) is 62.4 Å². The van der Waals surface area contributed by atoms with Crippen molar-refractivity contribution in [2.24, 2.45) is 0 Å². The number of aryl methyl sites for hydroxylation is 2. The first-order chi connectivity index (χ1) is 15.1. The first kappa shape index (κ1) is 19.1. The van der Waals surface area contributed by atoms with E-state index in [4.69, 9.17) is 4.42 Å². The normalized spacial score (nSPS) is 11.3. The molecule has 0 unspecified atom stereocenters. The van der Waals surface area contributed by atoms with Crippen molar-refractivity contribution < 1.29 is 8.81 Å². The number of pyridine rings is 1. The number of fused-ring (bicyclic) bond motifs is 3. The summed E-state index contributed by atoms with van der Waals surface area (Å²) in [6, 6.07) is 21.9. The van der Waals surface area contributed by atoms with Crippen LogP contribution in [-0.2, 0) is 6.54 Å². The van der Waals surface area contributed by atoms with Gasteiger partial charge in [-0.1, -0.05) is 48.5 Å². The summed E-state index contributed by atoms with van der Waals surface area (Å²) in [6.07, 6.45) is 0. The van der Waals surface area contributed by atoms with Gasteiger partial charge in [-0.25, -0.2) is 4.39 Å². The lowest BCUT2D eigenvalue weighted by molar-refractivity contribution is 0.626. The quantitative estimate of drug-likeness (QED) is 0.361. The number of nitrogens with zero attached hydrogens (tertiary/aromatic N) is 1. The molecule has 0 aliphatic heterocycles. The molecule has 0 aliphatic rings. The Kier molecular flexibility index (Phi) is 4.59. The van der Waals surface area contributed by atoms with Crippen LogP contribution in [0.2, 0.25) is 0 Å². The van der Waals surface area contributed by atoms with Crippen LogP contribution < -0.4 is 10.9 Å². The van der Waals surface area contributed by atoms with Gasteiger partial charge in [0.15, 0.2) is 5.58 Å². The molecule has 0 atom stereocenters. The Labute approximate surface area is 178 Å². The molecule has 0 saturated heterocycles. The molecular formula is C26H21FN2O2. The second-order valence-corrected chi connectivity index (χ2v) is 7.50. The predicted octanol–water partition coefficient (Wildman–Crippen LogP) is 6.63. The zero-order chi connectivity index (χ0) is 21.5. The fourth-order valence-corrected chi connectivity index (χ4v) is 4.13. The van der Waals surface area contributed by atoms with Gasteiger partial charge in [0.1, 0.15) is 5.82 Å². The number of anilines is 2. The SMILES string of the molecule is CCn1c(=O)c2c(-c3ccccc3F)c(Nc3ccccc3C)oc2c2ccccc21. The van der Waals surface area contributed by atoms with Gasteiger partial charge in [0.25, 0.3) is 5.56 Å². The van der Waals surface area contributed by atoms with E-state index in [-0.39, 0.29) is 5.56 Å². The van der Waals surface area contributed by atoms with Crippen molar-refractivity contribution in [1.29, 1.82) is 0 Å². The van der Waals surface area contributed by atoms with E-state index in [0.29, 0.717) is 34.5 Å². The van der Waals surface area contributed by atoms with Gasteiger partial charge in [-0.05, 0) is 43.7 Å². The van der Waals surface area contributed by atoms with Crippen molar-refractivity contribution in [2.45, 2.75) is 20.4 Å². The number of para-hydroxylation sites is 2. The molecule has 0 bridgehead atoms. The molecule has 0 saturated carbocycles. The highest BCUT2D eigenvalue weighted by molar-refractivity contribution is 6.11. The van der Waals surface area contributed by atoms with Crippen molar-refractivity contribution in [1.82, 2.24) is 4.57 Å². The van der Waals surface area contributed by atoms with Crippen LogP contribution in [-0.4, -0.2) is 4.57 Å². The van der Waals surface area contributed by atoms with Crippen LogP contribution in [0.15, 0.2) is 82.0 Å². The minimum Gasteiger partial charge on any atom is -0.439 e. The van der Waals surface area contributed by atoms with Gasteiger partial charge in [-0.15, -0.1) is 0 Å². The van der Waals surface area contributed by atoms with Crippen LogP contribution in [0.1, 0.15) is 12.5 Å². The first-order valence-electron chi connectivity index (χ1n) is 10.3. The molecule has 4 nitrogen and oxygen atoms in total. The van der Waals surface area contributed by atoms with E-state index in [1.165, 1.54) is 6.07 Å². The molecule has 154 valence electrons. The standard InChI is InChI=1S/C26H21FN2O2/c1-3-29-21-15-9-6-12-18(21)24-23(26(29)30)22(17-11-5-7-13-19(17)27)25(31-24)28-20-14-8-4-10-16(20)2/h4-15,28H,3H2,1-2H3. The number of hydrogen-bond donors (Lipinski definition) is 1. The van der Waals surface area contributed by atoms with Gasteiger partial charge < -0.3 is 14.3 Å². The van der Waals surface area contributed by atoms with E-state index < -0.39 is 5.82 Å². The van der Waals surface area contributed by atoms with Crippen LogP contribution in [0.4, 0.5) is 16.0 Å². The van der Waals surface area contributed by atoms with E-state index in [9.17, 15) is 9.18 Å². The van der Waals surface area contributed by atoms with E-state index in [1.54, 1.807) is 22.8 Å². The summed E-state index contributed by atoms with van der Waals surface area (Å²) in [5.41, 5.74) is 3.66. The van der Waals surface area contributed by atoms with E-state index >= 15 is 0 Å². The number of nitrogens with one attached hydrogen (secondary N) is 1. The van der Waals surface area contributed by atoms with Crippen LogP contribution in [0.5, 0.6) is 0 Å². The summed E-state index contributed by atoms with van der Waals surface area (Å²) in [5, 5.41) is 4.49. The third-order valence-electron chi connectivity index (χ3n) is 5.66. The predicted molar refractivity (Wildman–Crippen MR) is 124 cm³/mol. The van der Waals surface area contributed by atoms with Gasteiger partial charge in [-0.3, -0.25) is 4.79 Å². The van der Waals surface area contributed by atoms with Crippen molar-refractivity contribution in [3.8, 4) is 11.1 Å². The minimum absolute atomic E-state index is 0.198. The van der Waals surface area contributed by atoms with Crippen LogP contribution in [0.3, 0.4) is 0 Å². The Morgan fingerprint density at radius 2 is 1.68 bits per heavy atom. The lowest BCUT2D eigenvalue weighted by Crippen LogP contribution is -2.19. The molecule has 5 heteroatoms. The monoisotopic (exact) mass is 412 g/mol. The Balaban J connectivity index is 1.93. The zero-order valence-corrected chi connectivity index (χ0v) is 17.3. The van der Waals surface area contributed by atoms with Crippen molar-refractivity contribution in [2.75, 3.05) is 5.32 Å². The Morgan fingerprint density at radius 1 is 0.968 bits per heavy atom. The summed E-state index contributed by atoms with van der Waals surface area (Å²) in [4.78, 5) is 13.6. The molecule has 0 amide bonds. The van der Waals surface area contributed by atoms with Crippen molar-refractivity contribution in [3.05, 3.63) is 94.5 Å². The molecule has 31 heavy (non-hydrogen) atoms. The average Bonchev–Trinajstić information content (AvgIpc) is 3.15. The Bertz CT molecular complexity index is 1500. The number of benzene rings is 3. The van der Waals surface area contributed by atoms with Gasteiger partial charge in [0.2, 0.25) is 5.88 Å². The largest absolute Gasteiger partial charge is 0.439 e. The molecule has 1 N–H and O–H groups in total. The first-order valence-corrected chi connectivity index (χ1v) is 10.3. The number of furan rings is 1. The average molecular weight is 412 g/mol. The molecule has 2 heterocycles. The van der Waals surface area contributed by atoms with E-state index in [2.05, 4.69) is 5.32 Å².